The van der Waals surface area contributed by atoms with Gasteiger partial charge in [0.2, 0.25) is 0 Å². The Hall–Kier alpha value is -1.60. The van der Waals surface area contributed by atoms with Crippen molar-refractivity contribution < 1.29 is 4.74 Å². The van der Waals surface area contributed by atoms with Crippen LogP contribution in [0.5, 0.6) is 0 Å². The second-order valence-electron chi connectivity index (χ2n) is 9.22. The molecule has 0 amide bonds. The average molecular weight is 339 g/mol. The third-order valence-corrected chi connectivity index (χ3v) is 4.79. The second kappa shape index (κ2) is 8.19. The van der Waals surface area contributed by atoms with Crippen LogP contribution in [0.25, 0.3) is 0 Å². The summed E-state index contributed by atoms with van der Waals surface area (Å²) in [5, 5.41) is 0. The number of rotatable bonds is 6. The Kier molecular flexibility index (Phi) is 6.46. The van der Waals surface area contributed by atoms with Crippen molar-refractivity contribution in [1.29, 1.82) is 0 Å². The SMILES string of the molecule is CC(C)(C)C(Cc1ccccc1)OC(Cc1ccccc1)C(C)(C)C. The second-order valence-corrected chi connectivity index (χ2v) is 9.22. The Balaban J connectivity index is 2.20. The van der Waals surface area contributed by atoms with Crippen molar-refractivity contribution in [2.75, 3.05) is 0 Å². The largest absolute Gasteiger partial charge is 0.373 e. The monoisotopic (exact) mass is 338 g/mol. The third-order valence-electron chi connectivity index (χ3n) is 4.79. The first-order valence-corrected chi connectivity index (χ1v) is 9.39. The van der Waals surface area contributed by atoms with Gasteiger partial charge in [0, 0.05) is 0 Å². The highest BCUT2D eigenvalue weighted by atomic mass is 16.5. The summed E-state index contributed by atoms with van der Waals surface area (Å²) in [5.74, 6) is 0. The smallest absolute Gasteiger partial charge is 0.0667 e. The predicted molar refractivity (Wildman–Crippen MR) is 108 cm³/mol. The van der Waals surface area contributed by atoms with E-state index in [1.54, 1.807) is 0 Å². The van der Waals surface area contributed by atoms with Crippen molar-refractivity contribution in [2.45, 2.75) is 66.6 Å². The molecule has 136 valence electrons. The zero-order chi connectivity index (χ0) is 18.5. The van der Waals surface area contributed by atoms with Crippen molar-refractivity contribution in [1.82, 2.24) is 0 Å². The predicted octanol–water partition coefficient (Wildman–Crippen LogP) is 6.32. The molecule has 2 aromatic carbocycles. The van der Waals surface area contributed by atoms with Crippen LogP contribution >= 0.6 is 0 Å². The minimum Gasteiger partial charge on any atom is -0.373 e. The first-order chi connectivity index (χ1) is 11.7. The van der Waals surface area contributed by atoms with Gasteiger partial charge in [-0.3, -0.25) is 0 Å². The molecule has 0 aliphatic rings. The summed E-state index contributed by atoms with van der Waals surface area (Å²) >= 11 is 0. The molecule has 1 nitrogen and oxygen atoms in total. The molecule has 0 heterocycles. The molecule has 0 saturated carbocycles. The minimum absolute atomic E-state index is 0.0933. The summed E-state index contributed by atoms with van der Waals surface area (Å²) < 4.78 is 6.79. The van der Waals surface area contributed by atoms with Crippen LogP contribution < -0.4 is 0 Å². The molecule has 25 heavy (non-hydrogen) atoms. The highest BCUT2D eigenvalue weighted by molar-refractivity contribution is 5.17. The van der Waals surface area contributed by atoms with Crippen molar-refractivity contribution >= 4 is 0 Å². The topological polar surface area (TPSA) is 9.23 Å². The van der Waals surface area contributed by atoms with E-state index in [9.17, 15) is 0 Å². The van der Waals surface area contributed by atoms with Crippen LogP contribution in [-0.4, -0.2) is 12.2 Å². The summed E-state index contributed by atoms with van der Waals surface area (Å²) in [6.07, 6.45) is 2.27. The molecule has 0 saturated heterocycles. The summed E-state index contributed by atoms with van der Waals surface area (Å²) in [6, 6.07) is 21.4. The molecule has 0 aliphatic carbocycles. The summed E-state index contributed by atoms with van der Waals surface area (Å²) in [7, 11) is 0. The fourth-order valence-corrected chi connectivity index (χ4v) is 2.97. The maximum atomic E-state index is 6.79. The van der Waals surface area contributed by atoms with Crippen LogP contribution in [0.2, 0.25) is 0 Å². The molecule has 2 atom stereocenters. The average Bonchev–Trinajstić information content (AvgIpc) is 2.53. The van der Waals surface area contributed by atoms with E-state index in [1.807, 2.05) is 0 Å². The molecule has 0 N–H and O–H groups in total. The Bertz CT molecular complexity index is 559. The van der Waals surface area contributed by atoms with Crippen LogP contribution in [0.4, 0.5) is 0 Å². The van der Waals surface area contributed by atoms with E-state index in [0.717, 1.165) is 12.8 Å². The van der Waals surface area contributed by atoms with Crippen LogP contribution in [0.3, 0.4) is 0 Å². The van der Waals surface area contributed by atoms with Gasteiger partial charge in [0.15, 0.2) is 0 Å². The molecule has 2 rings (SSSR count). The maximum absolute atomic E-state index is 6.79. The van der Waals surface area contributed by atoms with Crippen molar-refractivity contribution in [3.05, 3.63) is 71.8 Å². The molecule has 0 fully saturated rings. The minimum atomic E-state index is 0.0933. The molecular formula is C24H34O. The fourth-order valence-electron chi connectivity index (χ4n) is 2.97. The molecule has 0 spiro atoms. The summed E-state index contributed by atoms with van der Waals surface area (Å²) in [4.78, 5) is 0. The molecule has 0 radical (unpaired) electrons. The van der Waals surface area contributed by atoms with Gasteiger partial charge in [0.1, 0.15) is 0 Å². The van der Waals surface area contributed by atoms with Crippen molar-refractivity contribution in [3.8, 4) is 0 Å². The maximum Gasteiger partial charge on any atom is 0.0667 e. The highest BCUT2D eigenvalue weighted by Crippen LogP contribution is 2.33. The van der Waals surface area contributed by atoms with Crippen molar-refractivity contribution in [3.63, 3.8) is 0 Å². The molecule has 0 aliphatic heterocycles. The van der Waals surface area contributed by atoms with Gasteiger partial charge in [-0.1, -0.05) is 102 Å². The molecular weight excluding hydrogens is 304 g/mol. The number of benzene rings is 2. The Labute approximate surface area is 154 Å². The quantitative estimate of drug-likeness (QED) is 0.599. The zero-order valence-electron chi connectivity index (χ0n) is 16.8. The third kappa shape index (κ3) is 6.32. The number of ether oxygens (including phenoxy) is 1. The van der Waals surface area contributed by atoms with Gasteiger partial charge in [0.25, 0.3) is 0 Å². The Morgan fingerprint density at radius 2 is 0.920 bits per heavy atom. The zero-order valence-corrected chi connectivity index (χ0v) is 16.8. The normalized spacial score (nSPS) is 15.0. The van der Waals surface area contributed by atoms with E-state index in [2.05, 4.69) is 102 Å². The number of hydrogen-bond acceptors (Lipinski definition) is 1. The first-order valence-electron chi connectivity index (χ1n) is 9.39. The van der Waals surface area contributed by atoms with Gasteiger partial charge in [-0.05, 0) is 34.8 Å². The Morgan fingerprint density at radius 1 is 0.600 bits per heavy atom. The van der Waals surface area contributed by atoms with Gasteiger partial charge in [-0.15, -0.1) is 0 Å². The molecule has 2 unspecified atom stereocenters. The van der Waals surface area contributed by atoms with Gasteiger partial charge >= 0.3 is 0 Å². The molecule has 1 heteroatoms. The highest BCUT2D eigenvalue weighted by Gasteiger charge is 2.33. The standard InChI is InChI=1S/C24H34O/c1-23(2,3)21(17-19-13-9-7-10-14-19)25-22(24(4,5)6)18-20-15-11-8-12-16-20/h7-16,21-22H,17-18H2,1-6H3. The number of hydrogen-bond donors (Lipinski definition) is 0. The van der Waals surface area contributed by atoms with Crippen LogP contribution in [-0.2, 0) is 17.6 Å². The molecule has 0 aromatic heterocycles. The van der Waals surface area contributed by atoms with E-state index in [4.69, 9.17) is 4.74 Å². The van der Waals surface area contributed by atoms with Gasteiger partial charge in [-0.25, -0.2) is 0 Å². The van der Waals surface area contributed by atoms with Crippen LogP contribution in [0, 0.1) is 10.8 Å². The van der Waals surface area contributed by atoms with Gasteiger partial charge in [0.05, 0.1) is 12.2 Å². The molecule has 2 aromatic rings. The van der Waals surface area contributed by atoms with E-state index in [1.165, 1.54) is 11.1 Å². The van der Waals surface area contributed by atoms with E-state index >= 15 is 0 Å². The lowest BCUT2D eigenvalue weighted by Gasteiger charge is -2.39. The van der Waals surface area contributed by atoms with Gasteiger partial charge in [-0.2, -0.15) is 0 Å². The lowest BCUT2D eigenvalue weighted by molar-refractivity contribution is -0.105. The van der Waals surface area contributed by atoms with E-state index in [0.29, 0.717) is 0 Å². The summed E-state index contributed by atoms with van der Waals surface area (Å²) in [6.45, 7) is 13.7. The van der Waals surface area contributed by atoms with E-state index < -0.39 is 0 Å². The molecule has 0 bridgehead atoms. The fraction of sp³-hybridized carbons (Fsp3) is 0.500. The van der Waals surface area contributed by atoms with Gasteiger partial charge < -0.3 is 4.74 Å². The Morgan fingerprint density at radius 3 is 1.20 bits per heavy atom. The van der Waals surface area contributed by atoms with Crippen molar-refractivity contribution in [2.24, 2.45) is 10.8 Å². The first kappa shape index (κ1) is 19.7. The lowest BCUT2D eigenvalue weighted by Crippen LogP contribution is -2.41. The van der Waals surface area contributed by atoms with Crippen LogP contribution in [0.1, 0.15) is 52.7 Å². The van der Waals surface area contributed by atoms with Crippen LogP contribution in [0.15, 0.2) is 60.7 Å². The summed E-state index contributed by atoms with van der Waals surface area (Å²) in [5.41, 5.74) is 2.87. The van der Waals surface area contributed by atoms with E-state index in [-0.39, 0.29) is 23.0 Å². The lowest BCUT2D eigenvalue weighted by atomic mass is 9.82.